The second-order valence-corrected chi connectivity index (χ2v) is 8.91. The average molecular weight is 409 g/mol. The zero-order valence-corrected chi connectivity index (χ0v) is 17.5. The first-order valence-corrected chi connectivity index (χ1v) is 9.91. The Morgan fingerprint density at radius 3 is 2.36 bits per heavy atom. The Labute approximate surface area is 167 Å². The van der Waals surface area contributed by atoms with Gasteiger partial charge < -0.3 is 10.1 Å². The summed E-state index contributed by atoms with van der Waals surface area (Å²) in [6.45, 7) is 10.2. The summed E-state index contributed by atoms with van der Waals surface area (Å²) in [5.41, 5.74) is -0.421. The first kappa shape index (κ1) is 22.0. The molecule has 0 aliphatic carbocycles. The number of nitrogens with one attached hydrogen (secondary N) is 1. The van der Waals surface area contributed by atoms with Crippen LogP contribution in [0.15, 0.2) is 24.3 Å². The molecule has 0 saturated carbocycles. The number of hydrogen-bond acceptors (Lipinski definition) is 4. The first-order valence-electron chi connectivity index (χ1n) is 9.09. The molecule has 1 heterocycles. The van der Waals surface area contributed by atoms with E-state index in [2.05, 4.69) is 26.1 Å². The molecule has 1 aromatic heterocycles. The predicted octanol–water partition coefficient (Wildman–Crippen LogP) is 6.00. The second-order valence-electron chi connectivity index (χ2n) is 7.83. The number of thiophene rings is 1. The molecule has 0 saturated heterocycles. The van der Waals surface area contributed by atoms with E-state index < -0.39 is 29.1 Å². The van der Waals surface area contributed by atoms with Crippen molar-refractivity contribution in [1.29, 1.82) is 0 Å². The highest BCUT2D eigenvalue weighted by molar-refractivity contribution is 7.16. The molecular formula is C21H25F2NO3S. The minimum Gasteiger partial charge on any atom is -0.462 e. The molecule has 0 aliphatic heterocycles. The van der Waals surface area contributed by atoms with Gasteiger partial charge in [0.05, 0.1) is 12.2 Å². The van der Waals surface area contributed by atoms with Crippen molar-refractivity contribution in [1.82, 2.24) is 0 Å². The number of amides is 1. The summed E-state index contributed by atoms with van der Waals surface area (Å²) in [6, 6.07) is 4.89. The van der Waals surface area contributed by atoms with Crippen molar-refractivity contribution in [2.75, 3.05) is 11.9 Å². The molecule has 4 nitrogen and oxygen atoms in total. The van der Waals surface area contributed by atoms with Crippen LogP contribution in [0.3, 0.4) is 0 Å². The number of carbonyl (C=O) groups is 2. The summed E-state index contributed by atoms with van der Waals surface area (Å²) in [4.78, 5) is 25.7. The van der Waals surface area contributed by atoms with E-state index in [1.54, 1.807) is 13.0 Å². The topological polar surface area (TPSA) is 55.4 Å². The number of halogens is 2. The fourth-order valence-electron chi connectivity index (χ4n) is 3.01. The highest BCUT2D eigenvalue weighted by Crippen LogP contribution is 2.39. The second kappa shape index (κ2) is 8.82. The van der Waals surface area contributed by atoms with Gasteiger partial charge in [0.1, 0.15) is 22.2 Å². The fraction of sp³-hybridized carbons (Fsp3) is 0.429. The van der Waals surface area contributed by atoms with Gasteiger partial charge in [-0.2, -0.15) is 0 Å². The third-order valence-electron chi connectivity index (χ3n) is 4.07. The van der Waals surface area contributed by atoms with Crippen LogP contribution < -0.4 is 5.32 Å². The van der Waals surface area contributed by atoms with E-state index in [1.807, 2.05) is 6.92 Å². The molecule has 2 rings (SSSR count). The Morgan fingerprint density at radius 2 is 1.82 bits per heavy atom. The van der Waals surface area contributed by atoms with Gasteiger partial charge in [-0.3, -0.25) is 4.79 Å². The van der Waals surface area contributed by atoms with Gasteiger partial charge in [-0.25, -0.2) is 13.6 Å². The van der Waals surface area contributed by atoms with Gasteiger partial charge in [-0.05, 0) is 42.9 Å². The largest absolute Gasteiger partial charge is 0.462 e. The number of carbonyl (C=O) groups excluding carboxylic acids is 2. The Kier molecular flexibility index (Phi) is 6.93. The van der Waals surface area contributed by atoms with Crippen LogP contribution in [0.5, 0.6) is 0 Å². The molecule has 2 aromatic rings. The lowest BCUT2D eigenvalue weighted by Gasteiger charge is -2.22. The summed E-state index contributed by atoms with van der Waals surface area (Å²) < 4.78 is 32.9. The van der Waals surface area contributed by atoms with E-state index in [0.717, 1.165) is 23.4 Å². The number of esters is 1. The lowest BCUT2D eigenvalue weighted by molar-refractivity contribution is 0.0528. The van der Waals surface area contributed by atoms with E-state index in [4.69, 9.17) is 4.74 Å². The molecule has 0 bridgehead atoms. The lowest BCUT2D eigenvalue weighted by atomic mass is 9.85. The molecular weight excluding hydrogens is 384 g/mol. The molecule has 0 aliphatic rings. The van der Waals surface area contributed by atoms with Crippen molar-refractivity contribution in [3.8, 4) is 0 Å². The molecule has 7 heteroatoms. The van der Waals surface area contributed by atoms with Crippen LogP contribution >= 0.6 is 11.3 Å². The normalized spacial score (nSPS) is 12.5. The van der Waals surface area contributed by atoms with Crippen LogP contribution in [0.25, 0.3) is 0 Å². The van der Waals surface area contributed by atoms with E-state index in [1.165, 1.54) is 17.4 Å². The Hall–Kier alpha value is -2.28. The molecule has 0 spiro atoms. The number of hydrogen-bond donors (Lipinski definition) is 1. The zero-order valence-electron chi connectivity index (χ0n) is 16.7. The summed E-state index contributed by atoms with van der Waals surface area (Å²) >= 11 is 1.22. The number of rotatable bonds is 6. The van der Waals surface area contributed by atoms with Crippen LogP contribution in [0.1, 0.15) is 72.6 Å². The lowest BCUT2D eigenvalue weighted by Crippen LogP contribution is -2.17. The molecule has 1 atom stereocenters. The fourth-order valence-corrected chi connectivity index (χ4v) is 4.10. The van der Waals surface area contributed by atoms with Crippen molar-refractivity contribution in [2.24, 2.45) is 5.41 Å². The summed E-state index contributed by atoms with van der Waals surface area (Å²) in [5.74, 6) is -3.33. The summed E-state index contributed by atoms with van der Waals surface area (Å²) in [5, 5.41) is 2.71. The van der Waals surface area contributed by atoms with Crippen molar-refractivity contribution in [2.45, 2.75) is 47.0 Å². The van der Waals surface area contributed by atoms with E-state index in [0.29, 0.717) is 0 Å². The van der Waals surface area contributed by atoms with Crippen molar-refractivity contribution < 1.29 is 23.1 Å². The maximum atomic E-state index is 13.9. The maximum Gasteiger partial charge on any atom is 0.341 e. The number of anilines is 1. The van der Waals surface area contributed by atoms with Crippen LogP contribution in [0, 0.1) is 17.0 Å². The highest BCUT2D eigenvalue weighted by Gasteiger charge is 2.25. The minimum absolute atomic E-state index is 0.0766. The highest BCUT2D eigenvalue weighted by atomic mass is 32.1. The van der Waals surface area contributed by atoms with Gasteiger partial charge in [0.25, 0.3) is 5.91 Å². The molecule has 0 unspecified atom stereocenters. The third-order valence-corrected chi connectivity index (χ3v) is 5.35. The predicted molar refractivity (Wildman–Crippen MR) is 107 cm³/mol. The smallest absolute Gasteiger partial charge is 0.341 e. The first-order chi connectivity index (χ1) is 13.0. The zero-order chi connectivity index (χ0) is 21.1. The number of benzene rings is 1. The van der Waals surface area contributed by atoms with Crippen molar-refractivity contribution >= 4 is 28.2 Å². The summed E-state index contributed by atoms with van der Waals surface area (Å²) in [6.07, 6.45) is 0.866. The van der Waals surface area contributed by atoms with Crippen molar-refractivity contribution in [3.05, 3.63) is 51.9 Å². The van der Waals surface area contributed by atoms with Crippen LogP contribution in [0.2, 0.25) is 0 Å². The molecule has 1 amide bonds. The standard InChI is InChI=1S/C21H25F2NO3S/c1-6-27-20(26)13-10-16(12(2)11-21(3,4)5)28-19(13)24-18(25)17-14(22)8-7-9-15(17)23/h7-10,12H,6,11H2,1-5H3,(H,24,25)/t12-/m0/s1. The Balaban J connectivity index is 2.38. The van der Waals surface area contributed by atoms with Gasteiger partial charge >= 0.3 is 5.97 Å². The van der Waals surface area contributed by atoms with E-state index >= 15 is 0 Å². The van der Waals surface area contributed by atoms with Crippen LogP contribution in [0.4, 0.5) is 13.8 Å². The summed E-state index contributed by atoms with van der Waals surface area (Å²) in [7, 11) is 0. The Bertz CT molecular complexity index is 851. The molecule has 152 valence electrons. The van der Waals surface area contributed by atoms with Crippen LogP contribution in [-0.2, 0) is 4.74 Å². The molecule has 1 aromatic carbocycles. The van der Waals surface area contributed by atoms with Crippen LogP contribution in [-0.4, -0.2) is 18.5 Å². The van der Waals surface area contributed by atoms with E-state index in [9.17, 15) is 18.4 Å². The van der Waals surface area contributed by atoms with Gasteiger partial charge in [0.15, 0.2) is 0 Å². The van der Waals surface area contributed by atoms with Crippen molar-refractivity contribution in [3.63, 3.8) is 0 Å². The molecule has 0 fully saturated rings. The number of ether oxygens (including phenoxy) is 1. The average Bonchev–Trinajstić information content (AvgIpc) is 2.97. The Morgan fingerprint density at radius 1 is 1.21 bits per heavy atom. The van der Waals surface area contributed by atoms with Gasteiger partial charge in [0, 0.05) is 4.88 Å². The van der Waals surface area contributed by atoms with Gasteiger partial charge in [-0.15, -0.1) is 11.3 Å². The minimum atomic E-state index is -0.965. The van der Waals surface area contributed by atoms with Gasteiger partial charge in [0.2, 0.25) is 0 Å². The monoisotopic (exact) mass is 409 g/mol. The quantitative estimate of drug-likeness (QED) is 0.596. The maximum absolute atomic E-state index is 13.9. The molecule has 0 radical (unpaired) electrons. The van der Waals surface area contributed by atoms with Gasteiger partial charge in [-0.1, -0.05) is 33.8 Å². The third kappa shape index (κ3) is 5.38. The molecule has 1 N–H and O–H groups in total. The molecule has 28 heavy (non-hydrogen) atoms. The SMILES string of the molecule is CCOC(=O)c1cc([C@@H](C)CC(C)(C)C)sc1NC(=O)c1c(F)cccc1F. The van der Waals surface area contributed by atoms with E-state index in [-0.39, 0.29) is 28.5 Å².